The fourth-order valence-corrected chi connectivity index (χ4v) is 19.4. The lowest BCUT2D eigenvalue weighted by atomic mass is 9.41. The van der Waals surface area contributed by atoms with Crippen LogP contribution < -0.4 is 0 Å². The topological polar surface area (TPSA) is 104 Å². The first-order chi connectivity index (χ1) is 27.9. The van der Waals surface area contributed by atoms with Crippen LogP contribution >= 0.6 is 0 Å². The summed E-state index contributed by atoms with van der Waals surface area (Å²) in [5.41, 5.74) is 0.845. The van der Waals surface area contributed by atoms with Crippen LogP contribution in [0.1, 0.15) is 191 Å². The molecule has 0 amide bonds. The van der Waals surface area contributed by atoms with Crippen LogP contribution in [-0.2, 0) is 14.3 Å². The summed E-state index contributed by atoms with van der Waals surface area (Å²) >= 11 is 0. The number of ketones is 1. The minimum Gasteiger partial charge on any atom is -0.462 e. The second-order valence-corrected chi connectivity index (χ2v) is 24.4. The third-order valence-corrected chi connectivity index (χ3v) is 22.3. The van der Waals surface area contributed by atoms with Crippen molar-refractivity contribution in [1.29, 1.82) is 0 Å². The highest BCUT2D eigenvalue weighted by molar-refractivity contribution is 5.75. The lowest BCUT2D eigenvalue weighted by molar-refractivity contribution is -0.207. The van der Waals surface area contributed by atoms with Crippen LogP contribution in [0.5, 0.6) is 0 Å². The average molecular weight is 821 g/mol. The Morgan fingerprint density at radius 1 is 0.576 bits per heavy atom. The molecular formula is C53H88O6. The molecule has 0 aromatic carbocycles. The molecule has 0 bridgehead atoms. The fraction of sp³-hybridized carbons (Fsp3) is 0.962. The Bertz CT molecular complexity index is 1530. The Balaban J connectivity index is 0.881. The Morgan fingerprint density at radius 2 is 1.02 bits per heavy atom. The molecule has 0 aliphatic heterocycles. The summed E-state index contributed by atoms with van der Waals surface area (Å²) in [6.07, 6.45) is 19.7. The van der Waals surface area contributed by atoms with E-state index in [1.165, 1.54) is 51.4 Å². The largest absolute Gasteiger partial charge is 0.462 e. The van der Waals surface area contributed by atoms with Gasteiger partial charge in [0, 0.05) is 12.8 Å². The van der Waals surface area contributed by atoms with Crippen molar-refractivity contribution in [1.82, 2.24) is 0 Å². The smallest absolute Gasteiger partial charge is 0.306 e. The molecule has 0 aromatic heterocycles. The number of rotatable bonds is 11. The molecule has 59 heavy (non-hydrogen) atoms. The van der Waals surface area contributed by atoms with Gasteiger partial charge in [-0.3, -0.25) is 4.79 Å². The van der Waals surface area contributed by atoms with Gasteiger partial charge in [0.05, 0.1) is 18.3 Å². The van der Waals surface area contributed by atoms with Crippen LogP contribution in [-0.4, -0.2) is 51.5 Å². The minimum atomic E-state index is -0.289. The molecule has 3 N–H and O–H groups in total. The van der Waals surface area contributed by atoms with Crippen molar-refractivity contribution >= 4 is 11.8 Å². The lowest BCUT2D eigenvalue weighted by Crippen LogP contribution is -2.62. The van der Waals surface area contributed by atoms with Crippen LogP contribution in [0.2, 0.25) is 0 Å². The Kier molecular flexibility index (Phi) is 12.5. The van der Waals surface area contributed by atoms with Gasteiger partial charge in [0.1, 0.15) is 11.9 Å². The van der Waals surface area contributed by atoms with Gasteiger partial charge < -0.3 is 24.9 Å². The van der Waals surface area contributed by atoms with Crippen LogP contribution in [0.25, 0.3) is 0 Å². The lowest BCUT2D eigenvalue weighted by Gasteiger charge is -2.65. The molecule has 8 aliphatic rings. The number of hydrogen-bond donors (Lipinski definition) is 3. The summed E-state index contributed by atoms with van der Waals surface area (Å²) in [7, 11) is 0. The highest BCUT2D eigenvalue weighted by Crippen LogP contribution is 2.71. The van der Waals surface area contributed by atoms with E-state index in [-0.39, 0.29) is 63.9 Å². The summed E-state index contributed by atoms with van der Waals surface area (Å²) in [6, 6.07) is 0. The second kappa shape index (κ2) is 16.5. The Morgan fingerprint density at radius 3 is 1.51 bits per heavy atom. The maximum absolute atomic E-state index is 13.8. The monoisotopic (exact) mass is 821 g/mol. The second-order valence-electron chi connectivity index (χ2n) is 24.4. The average Bonchev–Trinajstić information content (AvgIpc) is 3.74. The molecule has 8 fully saturated rings. The van der Waals surface area contributed by atoms with E-state index < -0.39 is 0 Å². The number of carbonyl (C=O) groups excluding carboxylic acids is 2. The molecule has 6 heteroatoms. The van der Waals surface area contributed by atoms with Gasteiger partial charge in [0.25, 0.3) is 0 Å². The van der Waals surface area contributed by atoms with E-state index in [9.17, 15) is 24.9 Å². The van der Waals surface area contributed by atoms with Crippen molar-refractivity contribution in [3.05, 3.63) is 0 Å². The first-order valence-corrected chi connectivity index (χ1v) is 25.7. The first-order valence-electron chi connectivity index (χ1n) is 25.7. The van der Waals surface area contributed by atoms with Crippen LogP contribution in [0, 0.1) is 105 Å². The molecule has 8 saturated carbocycles. The summed E-state index contributed by atoms with van der Waals surface area (Å²) in [6.45, 7) is 21.2. The number of ether oxygens (including phenoxy) is 1. The zero-order chi connectivity index (χ0) is 42.4. The van der Waals surface area contributed by atoms with E-state index in [1.54, 1.807) is 6.92 Å². The van der Waals surface area contributed by atoms with Gasteiger partial charge in [-0.25, -0.2) is 0 Å². The predicted octanol–water partition coefficient (Wildman–Crippen LogP) is 11.2. The van der Waals surface area contributed by atoms with Gasteiger partial charge in [-0.15, -0.1) is 0 Å². The maximum atomic E-state index is 13.8. The molecule has 6 nitrogen and oxygen atoms in total. The number of fused-ring (bicyclic) bond motifs is 10. The zero-order valence-corrected chi connectivity index (χ0v) is 39.1. The van der Waals surface area contributed by atoms with Crippen molar-refractivity contribution in [2.75, 3.05) is 0 Å². The molecule has 0 spiro atoms. The molecule has 8 rings (SSSR count). The van der Waals surface area contributed by atoms with E-state index >= 15 is 0 Å². The minimum absolute atomic E-state index is 0.0209. The highest BCUT2D eigenvalue weighted by Gasteiger charge is 2.67. The van der Waals surface area contributed by atoms with Gasteiger partial charge in [-0.05, 0) is 214 Å². The normalized spacial score (nSPS) is 52.5. The molecule has 336 valence electrons. The van der Waals surface area contributed by atoms with E-state index in [2.05, 4.69) is 55.4 Å². The number of aliphatic hydroxyl groups excluding tert-OH is 3. The number of aliphatic hydroxyl groups is 3. The van der Waals surface area contributed by atoms with Crippen LogP contribution in [0.15, 0.2) is 0 Å². The summed E-state index contributed by atoms with van der Waals surface area (Å²) in [5, 5.41) is 35.3. The molecule has 22 atom stereocenters. The number of esters is 1. The van der Waals surface area contributed by atoms with Gasteiger partial charge >= 0.3 is 5.97 Å². The summed E-state index contributed by atoms with van der Waals surface area (Å²) < 4.78 is 6.44. The third-order valence-electron chi connectivity index (χ3n) is 22.3. The predicted molar refractivity (Wildman–Crippen MR) is 235 cm³/mol. The summed E-state index contributed by atoms with van der Waals surface area (Å²) in [5.74, 6) is 6.71. The van der Waals surface area contributed by atoms with Gasteiger partial charge in [0.2, 0.25) is 0 Å². The van der Waals surface area contributed by atoms with Crippen LogP contribution in [0.3, 0.4) is 0 Å². The fourth-order valence-electron chi connectivity index (χ4n) is 19.4. The zero-order valence-electron chi connectivity index (χ0n) is 39.1. The number of hydrogen-bond acceptors (Lipinski definition) is 6. The molecule has 0 saturated heterocycles. The molecule has 0 radical (unpaired) electrons. The molecule has 8 unspecified atom stereocenters. The highest BCUT2D eigenvalue weighted by atomic mass is 16.5. The number of carbonyl (C=O) groups is 2. The van der Waals surface area contributed by atoms with Gasteiger partial charge in [0.15, 0.2) is 0 Å². The van der Waals surface area contributed by atoms with Crippen LogP contribution in [0.4, 0.5) is 0 Å². The molecule has 8 aliphatic carbocycles. The van der Waals surface area contributed by atoms with Crippen molar-refractivity contribution in [3.8, 4) is 0 Å². The first kappa shape index (κ1) is 44.6. The molecule has 0 heterocycles. The van der Waals surface area contributed by atoms with Crippen molar-refractivity contribution in [2.45, 2.75) is 215 Å². The van der Waals surface area contributed by atoms with E-state index in [1.807, 2.05) is 0 Å². The standard InChI is InChI=1S/C53H88O6/c1-10-35-43-28-33(55)20-24-52(43,8)41-22-26-51(7)38(16-18-39(51)46(41)48(35)57)31(4)13-19-45(56)59-34-21-25-53(9)42-23-27-50(6)37(30(3)12-14-32(5)54)15-17-40(50)47(42)49(58)36(11-2)44(53)29-34/h30-31,33-44,46-49,55,57-58H,10-29H2,1-9H3/t30-,31-,33-,34-,35-,36-,37-,38-,39?,40?,41?,42?,43+,44+,46?,47?,48?,49?,50-,51-,52-,53-/m1/s1. The Hall–Kier alpha value is -0.980. The molecule has 0 aromatic rings. The molecular weight excluding hydrogens is 733 g/mol. The SMILES string of the molecule is CC[C@H]1C(O)C2C3CC[C@H]([C@H](C)CCC(=O)O[C@@H]4CC[C@]5(C)C6CC[C@@]7(C)C(CC[C@@H]7[C@H](C)CCC(C)=O)C6C(O)[C@H](CC)[C@@H]5C4)[C@@]3(C)CCC2[C@@]2(C)CC[C@@H](O)C[C@@H]12. The summed E-state index contributed by atoms with van der Waals surface area (Å²) in [4.78, 5) is 25.6. The third kappa shape index (κ3) is 7.18. The van der Waals surface area contributed by atoms with Crippen molar-refractivity contribution in [3.63, 3.8) is 0 Å². The van der Waals surface area contributed by atoms with Gasteiger partial charge in [-0.2, -0.15) is 0 Å². The van der Waals surface area contributed by atoms with Gasteiger partial charge in [-0.1, -0.05) is 68.2 Å². The van der Waals surface area contributed by atoms with Crippen molar-refractivity contribution in [2.24, 2.45) is 105 Å². The Labute approximate surface area is 359 Å². The number of Topliss-reactive ketones (excluding diaryl/α,β-unsaturated/α-hetero) is 1. The van der Waals surface area contributed by atoms with Crippen molar-refractivity contribution < 1.29 is 29.6 Å². The maximum Gasteiger partial charge on any atom is 0.306 e. The quantitative estimate of drug-likeness (QED) is 0.179. The van der Waals surface area contributed by atoms with E-state index in [0.29, 0.717) is 89.6 Å². The van der Waals surface area contributed by atoms with E-state index in [0.717, 1.165) is 64.2 Å². The van der Waals surface area contributed by atoms with E-state index in [4.69, 9.17) is 4.74 Å².